The van der Waals surface area contributed by atoms with Crippen molar-refractivity contribution in [2.45, 2.75) is 361 Å². The van der Waals surface area contributed by atoms with Gasteiger partial charge in [-0.05, 0) is 103 Å². The van der Waals surface area contributed by atoms with Crippen LogP contribution >= 0.6 is 0 Å². The lowest BCUT2D eigenvalue weighted by Gasteiger charge is -2.18. The molecular weight excluding hydrogens is 1020 g/mol. The summed E-state index contributed by atoms with van der Waals surface area (Å²) in [5.74, 6) is -0.863. The van der Waals surface area contributed by atoms with Crippen molar-refractivity contribution in [1.82, 2.24) is 0 Å². The zero-order valence-electron chi connectivity index (χ0n) is 54.9. The number of ether oxygens (including phenoxy) is 3. The molecule has 0 aliphatic rings. The van der Waals surface area contributed by atoms with Gasteiger partial charge in [-0.15, -0.1) is 0 Å². The molecule has 0 amide bonds. The van der Waals surface area contributed by atoms with Crippen molar-refractivity contribution >= 4 is 17.9 Å². The number of carbonyl (C=O) groups excluding carboxylic acids is 3. The van der Waals surface area contributed by atoms with Gasteiger partial charge in [-0.2, -0.15) is 0 Å². The molecule has 0 saturated carbocycles. The highest BCUT2D eigenvalue weighted by Gasteiger charge is 2.19. The van der Waals surface area contributed by atoms with E-state index in [1.165, 1.54) is 212 Å². The van der Waals surface area contributed by atoms with Crippen LogP contribution in [0.4, 0.5) is 0 Å². The SMILES string of the molecule is CC/C=C\C/C=C\C/C=C\C/C=C\C/C=C\C/C=C\CCCCCCCCCCCCCCC(=O)OCC(COC(=O)CCCCCCCCCCC)OC(=O)CCCCCCCCCCCCCCC/C=C\C/C=C\CCCCCCC. The molecule has 0 aromatic rings. The van der Waals surface area contributed by atoms with Crippen molar-refractivity contribution in [2.24, 2.45) is 0 Å². The molecule has 6 heteroatoms. The highest BCUT2D eigenvalue weighted by Crippen LogP contribution is 2.17. The Morgan fingerprint density at radius 3 is 0.735 bits per heavy atom. The van der Waals surface area contributed by atoms with Gasteiger partial charge in [-0.1, -0.05) is 330 Å². The van der Waals surface area contributed by atoms with Gasteiger partial charge in [0.05, 0.1) is 0 Å². The number of unbranched alkanes of at least 4 members (excludes halogenated alkanes) is 38. The average molecular weight is 1160 g/mol. The van der Waals surface area contributed by atoms with Crippen molar-refractivity contribution in [3.63, 3.8) is 0 Å². The maximum atomic E-state index is 12.9. The van der Waals surface area contributed by atoms with Gasteiger partial charge in [0.25, 0.3) is 0 Å². The summed E-state index contributed by atoms with van der Waals surface area (Å²) >= 11 is 0. The summed E-state index contributed by atoms with van der Waals surface area (Å²) in [5.41, 5.74) is 0. The van der Waals surface area contributed by atoms with Gasteiger partial charge in [0, 0.05) is 19.3 Å². The molecule has 1 unspecified atom stereocenters. The molecule has 0 fully saturated rings. The fourth-order valence-electron chi connectivity index (χ4n) is 10.2. The molecule has 83 heavy (non-hydrogen) atoms. The molecule has 478 valence electrons. The first-order chi connectivity index (χ1) is 41.0. The predicted octanol–water partition coefficient (Wildman–Crippen LogP) is 24.8. The van der Waals surface area contributed by atoms with Gasteiger partial charge in [-0.25, -0.2) is 0 Å². The molecule has 0 aromatic carbocycles. The number of hydrogen-bond donors (Lipinski definition) is 0. The third-order valence-electron chi connectivity index (χ3n) is 15.6. The lowest BCUT2D eigenvalue weighted by molar-refractivity contribution is -0.167. The molecule has 0 rings (SSSR count). The van der Waals surface area contributed by atoms with E-state index in [9.17, 15) is 14.4 Å². The molecule has 0 saturated heterocycles. The molecule has 0 N–H and O–H groups in total. The van der Waals surface area contributed by atoms with Gasteiger partial charge in [0.1, 0.15) is 13.2 Å². The summed E-state index contributed by atoms with van der Waals surface area (Å²) in [6.45, 7) is 6.53. The summed E-state index contributed by atoms with van der Waals surface area (Å²) in [4.78, 5) is 38.3. The number of esters is 3. The Balaban J connectivity index is 4.15. The summed E-state index contributed by atoms with van der Waals surface area (Å²) in [6, 6.07) is 0. The van der Waals surface area contributed by atoms with Crippen LogP contribution < -0.4 is 0 Å². The third-order valence-corrected chi connectivity index (χ3v) is 15.6. The molecule has 0 aliphatic heterocycles. The second kappa shape index (κ2) is 70.8. The van der Waals surface area contributed by atoms with Gasteiger partial charge >= 0.3 is 17.9 Å². The molecular formula is C77H134O6. The van der Waals surface area contributed by atoms with E-state index >= 15 is 0 Å². The summed E-state index contributed by atoms with van der Waals surface area (Å²) in [7, 11) is 0. The smallest absolute Gasteiger partial charge is 0.306 e. The molecule has 0 aliphatic carbocycles. The van der Waals surface area contributed by atoms with Crippen LogP contribution in [0.15, 0.2) is 97.2 Å². The maximum Gasteiger partial charge on any atom is 0.306 e. The fourth-order valence-corrected chi connectivity index (χ4v) is 10.2. The van der Waals surface area contributed by atoms with Gasteiger partial charge in [0.2, 0.25) is 0 Å². The minimum absolute atomic E-state index is 0.0738. The number of rotatable bonds is 65. The molecule has 0 bridgehead atoms. The van der Waals surface area contributed by atoms with E-state index in [0.29, 0.717) is 19.3 Å². The Hall–Kier alpha value is -3.67. The van der Waals surface area contributed by atoms with Crippen molar-refractivity contribution in [1.29, 1.82) is 0 Å². The van der Waals surface area contributed by atoms with E-state index in [1.807, 2.05) is 0 Å². The van der Waals surface area contributed by atoms with E-state index in [4.69, 9.17) is 14.2 Å². The number of hydrogen-bond acceptors (Lipinski definition) is 6. The quantitative estimate of drug-likeness (QED) is 0.0261. The maximum absolute atomic E-state index is 12.9. The van der Waals surface area contributed by atoms with Gasteiger partial charge in [0.15, 0.2) is 6.10 Å². The first-order valence-corrected chi connectivity index (χ1v) is 35.7. The summed E-state index contributed by atoms with van der Waals surface area (Å²) in [6.07, 6.45) is 95.9. The zero-order valence-corrected chi connectivity index (χ0v) is 54.9. The second-order valence-corrected chi connectivity index (χ2v) is 23.8. The summed E-state index contributed by atoms with van der Waals surface area (Å²) < 4.78 is 16.9. The van der Waals surface area contributed by atoms with Crippen LogP contribution in [-0.2, 0) is 28.6 Å². The van der Waals surface area contributed by atoms with Crippen molar-refractivity contribution in [3.8, 4) is 0 Å². The molecule has 1 atom stereocenters. The second-order valence-electron chi connectivity index (χ2n) is 23.8. The first kappa shape index (κ1) is 79.3. The Morgan fingerprint density at radius 1 is 0.253 bits per heavy atom. The minimum atomic E-state index is -0.777. The Morgan fingerprint density at radius 2 is 0.470 bits per heavy atom. The molecule has 0 radical (unpaired) electrons. The van der Waals surface area contributed by atoms with E-state index in [1.54, 1.807) is 0 Å². The normalized spacial score (nSPS) is 12.7. The molecule has 0 spiro atoms. The van der Waals surface area contributed by atoms with E-state index in [2.05, 4.69) is 118 Å². The Labute approximate surface area is 515 Å². The van der Waals surface area contributed by atoms with Crippen LogP contribution in [0.1, 0.15) is 355 Å². The third kappa shape index (κ3) is 69.0. The largest absolute Gasteiger partial charge is 0.462 e. The number of allylic oxidation sites excluding steroid dienone is 16. The lowest BCUT2D eigenvalue weighted by atomic mass is 10.0. The zero-order chi connectivity index (χ0) is 59.9. The molecule has 0 aromatic heterocycles. The topological polar surface area (TPSA) is 78.9 Å². The summed E-state index contributed by atoms with van der Waals surface area (Å²) in [5, 5.41) is 0. The molecule has 0 heterocycles. The van der Waals surface area contributed by atoms with Crippen LogP contribution in [0.25, 0.3) is 0 Å². The van der Waals surface area contributed by atoms with Crippen LogP contribution in [0, 0.1) is 0 Å². The first-order valence-electron chi connectivity index (χ1n) is 35.7. The van der Waals surface area contributed by atoms with Crippen molar-refractivity contribution in [3.05, 3.63) is 97.2 Å². The highest BCUT2D eigenvalue weighted by atomic mass is 16.6. The predicted molar refractivity (Wildman–Crippen MR) is 362 cm³/mol. The molecule has 6 nitrogen and oxygen atoms in total. The van der Waals surface area contributed by atoms with Crippen LogP contribution in [0.2, 0.25) is 0 Å². The van der Waals surface area contributed by atoms with Crippen LogP contribution in [-0.4, -0.2) is 37.2 Å². The monoisotopic (exact) mass is 1160 g/mol. The van der Waals surface area contributed by atoms with Crippen LogP contribution in [0.3, 0.4) is 0 Å². The average Bonchev–Trinajstić information content (AvgIpc) is 3.49. The van der Waals surface area contributed by atoms with Gasteiger partial charge in [-0.3, -0.25) is 14.4 Å². The van der Waals surface area contributed by atoms with Gasteiger partial charge < -0.3 is 14.2 Å². The van der Waals surface area contributed by atoms with E-state index < -0.39 is 6.10 Å². The van der Waals surface area contributed by atoms with Crippen LogP contribution in [0.5, 0.6) is 0 Å². The fraction of sp³-hybridized carbons (Fsp3) is 0.753. The minimum Gasteiger partial charge on any atom is -0.462 e. The highest BCUT2D eigenvalue weighted by molar-refractivity contribution is 5.71. The standard InChI is InChI=1S/C77H134O6/c1-4-7-10-13-16-19-21-23-25-27-29-31-33-35-36-37-38-39-40-42-43-45-47-49-51-53-55-58-61-64-67-70-76(79)82-73-74(72-81-75(78)69-66-63-60-57-18-15-12-9-6-3)83-77(80)71-68-65-62-59-56-54-52-50-48-46-44-41-34-32-30-28-26-24-22-20-17-14-11-8-5-2/h7,10,16,19,22-25,28-31,35-36,38-39,74H,4-6,8-9,11-15,17-18,20-21,26-27,32-34,37,40-73H2,1-3H3/b10-7-,19-16-,24-22-,25-23-,30-28-,31-29-,36-35-,39-38-. The van der Waals surface area contributed by atoms with Crippen molar-refractivity contribution < 1.29 is 28.6 Å². The van der Waals surface area contributed by atoms with E-state index in [-0.39, 0.29) is 31.1 Å². The Kier molecular flexibility index (Phi) is 67.7. The lowest BCUT2D eigenvalue weighted by Crippen LogP contribution is -2.30. The van der Waals surface area contributed by atoms with E-state index in [0.717, 1.165) is 103 Å². The van der Waals surface area contributed by atoms with Crippen molar-refractivity contribution in [2.75, 3.05) is 13.2 Å². The Bertz CT molecular complexity index is 1610. The number of carbonyl (C=O) groups is 3.